The Morgan fingerprint density at radius 1 is 1.43 bits per heavy atom. The van der Waals surface area contributed by atoms with E-state index in [1.807, 2.05) is 6.07 Å². The predicted octanol–water partition coefficient (Wildman–Crippen LogP) is 1.01. The topological polar surface area (TPSA) is 93.0 Å². The van der Waals surface area contributed by atoms with Gasteiger partial charge in [0.05, 0.1) is 6.20 Å². The van der Waals surface area contributed by atoms with E-state index in [1.54, 1.807) is 19.3 Å². The van der Waals surface area contributed by atoms with Crippen molar-refractivity contribution in [1.29, 1.82) is 0 Å². The molecule has 0 radical (unpaired) electrons. The van der Waals surface area contributed by atoms with E-state index >= 15 is 0 Å². The highest BCUT2D eigenvalue weighted by molar-refractivity contribution is 6.01. The van der Waals surface area contributed by atoms with Crippen LogP contribution in [0.3, 0.4) is 0 Å². The van der Waals surface area contributed by atoms with Gasteiger partial charge in [0, 0.05) is 13.6 Å². The number of carbonyl (C=O) groups excluding carboxylic acids is 2. The number of fused-ring (bicyclic) bond motifs is 1. The van der Waals surface area contributed by atoms with Crippen LogP contribution < -0.4 is 10.2 Å². The Morgan fingerprint density at radius 3 is 3.00 bits per heavy atom. The summed E-state index contributed by atoms with van der Waals surface area (Å²) in [6, 6.07) is 3.18. The number of aryl methyl sites for hydroxylation is 2. The van der Waals surface area contributed by atoms with Crippen molar-refractivity contribution in [3.8, 4) is 0 Å². The molecule has 1 aliphatic heterocycles. The smallest absolute Gasteiger partial charge is 0.296 e. The van der Waals surface area contributed by atoms with Crippen LogP contribution in [0, 0.1) is 0 Å². The van der Waals surface area contributed by atoms with Gasteiger partial charge in [0.25, 0.3) is 0 Å². The molecular weight excluding hydrogens is 272 g/mol. The largest absolute Gasteiger partial charge is 0.328 e. The summed E-state index contributed by atoms with van der Waals surface area (Å²) in [5.41, 5.74) is 1.27. The van der Waals surface area contributed by atoms with E-state index in [0.717, 1.165) is 18.4 Å². The Hall–Kier alpha value is -2.77. The molecule has 21 heavy (non-hydrogen) atoms. The van der Waals surface area contributed by atoms with Crippen molar-refractivity contribution in [2.24, 2.45) is 7.05 Å². The van der Waals surface area contributed by atoms with E-state index in [9.17, 15) is 9.59 Å². The number of carbonyl (C=O) groups is 2. The number of rotatable bonds is 2. The molecule has 0 saturated heterocycles. The van der Waals surface area contributed by atoms with Crippen molar-refractivity contribution in [1.82, 2.24) is 20.0 Å². The maximum Gasteiger partial charge on any atom is 0.328 e. The van der Waals surface area contributed by atoms with Crippen molar-refractivity contribution in [2.75, 3.05) is 16.8 Å². The number of nitrogens with zero attached hydrogens (tertiary/aromatic N) is 5. The molecule has 2 aromatic heterocycles. The second kappa shape index (κ2) is 5.31. The summed E-state index contributed by atoms with van der Waals surface area (Å²) in [5, 5.41) is 10.3. The van der Waals surface area contributed by atoms with Gasteiger partial charge in [-0.2, -0.15) is 0 Å². The first-order chi connectivity index (χ1) is 10.2. The lowest BCUT2D eigenvalue weighted by molar-refractivity contribution is 0.111. The maximum atomic E-state index is 12.3. The van der Waals surface area contributed by atoms with Gasteiger partial charge in [-0.25, -0.2) is 9.78 Å². The molecule has 0 atom stereocenters. The fourth-order valence-electron chi connectivity index (χ4n) is 2.30. The summed E-state index contributed by atoms with van der Waals surface area (Å²) in [4.78, 5) is 29.0. The minimum absolute atomic E-state index is 0.313. The monoisotopic (exact) mass is 286 g/mol. The van der Waals surface area contributed by atoms with Crippen LogP contribution in [-0.2, 0) is 13.5 Å². The molecule has 0 fully saturated rings. The zero-order valence-electron chi connectivity index (χ0n) is 11.5. The van der Waals surface area contributed by atoms with Crippen molar-refractivity contribution in [3.63, 3.8) is 0 Å². The van der Waals surface area contributed by atoms with E-state index in [1.165, 1.54) is 9.58 Å². The first-order valence-corrected chi connectivity index (χ1v) is 6.57. The van der Waals surface area contributed by atoms with Gasteiger partial charge in [-0.3, -0.25) is 19.7 Å². The lowest BCUT2D eigenvalue weighted by Gasteiger charge is -2.28. The zero-order chi connectivity index (χ0) is 14.8. The highest BCUT2D eigenvalue weighted by atomic mass is 16.2. The summed E-state index contributed by atoms with van der Waals surface area (Å²) in [5.74, 6) is 0.911. The fraction of sp³-hybridized carbons (Fsp3) is 0.308. The van der Waals surface area contributed by atoms with Crippen molar-refractivity contribution in [2.45, 2.75) is 12.8 Å². The number of hydrogen-bond donors (Lipinski definition) is 1. The maximum absolute atomic E-state index is 12.3. The second-order valence-electron chi connectivity index (χ2n) is 4.80. The van der Waals surface area contributed by atoms with Crippen LogP contribution in [0.1, 0.15) is 22.5 Å². The number of aldehydes is 1. The zero-order valence-corrected chi connectivity index (χ0v) is 11.5. The van der Waals surface area contributed by atoms with Crippen LogP contribution in [-0.4, -0.2) is 38.8 Å². The standard InChI is InChI=1S/C13H14N6O2/c1-18-7-11(16-17-18)15-13(21)19-6-2-3-9-4-5-10(8-20)14-12(9)19/h4-5,7-8H,2-3,6H2,1H3,(H,15,21). The Bertz CT molecular complexity index is 696. The van der Waals surface area contributed by atoms with E-state index < -0.39 is 0 Å². The lowest BCUT2D eigenvalue weighted by Crippen LogP contribution is -2.39. The Morgan fingerprint density at radius 2 is 2.29 bits per heavy atom. The van der Waals surface area contributed by atoms with Crippen molar-refractivity contribution in [3.05, 3.63) is 29.6 Å². The van der Waals surface area contributed by atoms with Crippen LogP contribution in [0.15, 0.2) is 18.3 Å². The number of pyridine rings is 1. The quantitative estimate of drug-likeness (QED) is 0.831. The lowest BCUT2D eigenvalue weighted by atomic mass is 10.1. The Labute approximate surface area is 120 Å². The van der Waals surface area contributed by atoms with Crippen LogP contribution in [0.25, 0.3) is 0 Å². The molecular formula is C13H14N6O2. The molecule has 3 rings (SSSR count). The molecule has 2 aromatic rings. The Balaban J connectivity index is 1.86. The number of anilines is 2. The Kier molecular flexibility index (Phi) is 3.35. The molecule has 0 aromatic carbocycles. The molecule has 8 heteroatoms. The SMILES string of the molecule is Cn1cc(NC(=O)N2CCCc3ccc(C=O)nc32)nn1. The third-order valence-corrected chi connectivity index (χ3v) is 3.26. The highest BCUT2D eigenvalue weighted by Gasteiger charge is 2.24. The summed E-state index contributed by atoms with van der Waals surface area (Å²) in [6.45, 7) is 0.550. The molecule has 0 unspecified atom stereocenters. The summed E-state index contributed by atoms with van der Waals surface area (Å²) < 4.78 is 1.50. The minimum atomic E-state index is -0.327. The number of hydrogen-bond acceptors (Lipinski definition) is 5. The molecule has 0 aliphatic carbocycles. The van der Waals surface area contributed by atoms with Gasteiger partial charge in [-0.1, -0.05) is 11.3 Å². The van der Waals surface area contributed by atoms with Gasteiger partial charge in [-0.05, 0) is 24.5 Å². The van der Waals surface area contributed by atoms with Crippen LogP contribution >= 0.6 is 0 Å². The normalized spacial score (nSPS) is 13.7. The molecule has 108 valence electrons. The molecule has 1 N–H and O–H groups in total. The van der Waals surface area contributed by atoms with Gasteiger partial charge >= 0.3 is 6.03 Å². The fourth-order valence-corrected chi connectivity index (χ4v) is 2.30. The van der Waals surface area contributed by atoms with Crippen molar-refractivity contribution < 1.29 is 9.59 Å². The van der Waals surface area contributed by atoms with Gasteiger partial charge in [0.2, 0.25) is 0 Å². The molecule has 0 spiro atoms. The second-order valence-corrected chi connectivity index (χ2v) is 4.80. The molecule has 1 aliphatic rings. The van der Waals surface area contributed by atoms with E-state index in [4.69, 9.17) is 0 Å². The van der Waals surface area contributed by atoms with Crippen LogP contribution in [0.4, 0.5) is 16.4 Å². The molecule has 2 amide bonds. The minimum Gasteiger partial charge on any atom is -0.296 e. The molecule has 8 nitrogen and oxygen atoms in total. The number of nitrogens with one attached hydrogen (secondary N) is 1. The summed E-state index contributed by atoms with van der Waals surface area (Å²) in [7, 11) is 1.72. The van der Waals surface area contributed by atoms with Crippen molar-refractivity contribution >= 4 is 24.0 Å². The van der Waals surface area contributed by atoms with Gasteiger partial charge < -0.3 is 0 Å². The van der Waals surface area contributed by atoms with Crippen LogP contribution in [0.5, 0.6) is 0 Å². The van der Waals surface area contributed by atoms with Gasteiger partial charge in [0.15, 0.2) is 12.1 Å². The van der Waals surface area contributed by atoms with E-state index in [2.05, 4.69) is 20.6 Å². The highest BCUT2D eigenvalue weighted by Crippen LogP contribution is 2.25. The molecule has 0 bridgehead atoms. The third-order valence-electron chi connectivity index (χ3n) is 3.26. The summed E-state index contributed by atoms with van der Waals surface area (Å²) >= 11 is 0. The predicted molar refractivity (Wildman–Crippen MR) is 75.3 cm³/mol. The first kappa shape index (κ1) is 13.2. The van der Waals surface area contributed by atoms with Gasteiger partial charge in [-0.15, -0.1) is 5.10 Å². The van der Waals surface area contributed by atoms with Crippen LogP contribution in [0.2, 0.25) is 0 Å². The summed E-state index contributed by atoms with van der Waals surface area (Å²) in [6.07, 6.45) is 3.98. The number of urea groups is 1. The first-order valence-electron chi connectivity index (χ1n) is 6.57. The number of amides is 2. The van der Waals surface area contributed by atoms with E-state index in [0.29, 0.717) is 30.2 Å². The average Bonchev–Trinajstić information content (AvgIpc) is 2.91. The number of aromatic nitrogens is 4. The van der Waals surface area contributed by atoms with Gasteiger partial charge in [0.1, 0.15) is 11.5 Å². The molecule has 0 saturated carbocycles. The molecule has 3 heterocycles. The third kappa shape index (κ3) is 2.60. The van der Waals surface area contributed by atoms with E-state index in [-0.39, 0.29) is 6.03 Å². The average molecular weight is 286 g/mol.